The van der Waals surface area contributed by atoms with Gasteiger partial charge in [-0.25, -0.2) is 4.39 Å². The molecule has 0 saturated carbocycles. The highest BCUT2D eigenvalue weighted by Crippen LogP contribution is 2.18. The summed E-state index contributed by atoms with van der Waals surface area (Å²) in [6.07, 6.45) is 0. The van der Waals surface area contributed by atoms with Gasteiger partial charge in [0.15, 0.2) is 0 Å². The van der Waals surface area contributed by atoms with Crippen LogP contribution < -0.4 is 5.32 Å². The van der Waals surface area contributed by atoms with E-state index in [0.29, 0.717) is 5.82 Å². The van der Waals surface area contributed by atoms with E-state index in [4.69, 9.17) is 0 Å². The van der Waals surface area contributed by atoms with E-state index in [1.807, 2.05) is 31.2 Å². The van der Waals surface area contributed by atoms with E-state index in [9.17, 15) is 9.18 Å². The zero-order valence-corrected chi connectivity index (χ0v) is 13.3. The summed E-state index contributed by atoms with van der Waals surface area (Å²) >= 11 is 0. The number of carbonyl (C=O) groups is 1. The second-order valence-corrected chi connectivity index (χ2v) is 5.49. The highest BCUT2D eigenvalue weighted by Gasteiger charge is 2.12. The van der Waals surface area contributed by atoms with Crippen LogP contribution in [-0.2, 0) is 11.3 Å². The Kier molecular flexibility index (Phi) is 4.33. The fourth-order valence-corrected chi connectivity index (χ4v) is 2.28. The van der Waals surface area contributed by atoms with Crippen LogP contribution in [0.2, 0.25) is 0 Å². The number of hydrogen-bond acceptors (Lipinski definition) is 4. The first-order valence-corrected chi connectivity index (χ1v) is 7.43. The Balaban J connectivity index is 1.70. The van der Waals surface area contributed by atoms with E-state index in [1.165, 1.54) is 16.9 Å². The summed E-state index contributed by atoms with van der Waals surface area (Å²) < 4.78 is 13.8. The molecule has 1 aromatic heterocycles. The maximum absolute atomic E-state index is 13.8. The first kappa shape index (κ1) is 15.8. The topological polar surface area (TPSA) is 72.7 Å². The fourth-order valence-electron chi connectivity index (χ4n) is 2.28. The molecular formula is C17H16FN5O. The van der Waals surface area contributed by atoms with Crippen LogP contribution in [-0.4, -0.2) is 26.1 Å². The molecule has 3 rings (SSSR count). The van der Waals surface area contributed by atoms with E-state index < -0.39 is 11.7 Å². The highest BCUT2D eigenvalue weighted by atomic mass is 19.1. The van der Waals surface area contributed by atoms with Crippen LogP contribution in [0.4, 0.5) is 10.1 Å². The SMILES string of the molecule is Cc1ccc(NC(=O)Cn2nnc(-c3ccccc3C)n2)c(F)c1. The van der Waals surface area contributed by atoms with Crippen LogP contribution >= 0.6 is 0 Å². The molecule has 0 fully saturated rings. The monoisotopic (exact) mass is 325 g/mol. The molecule has 1 heterocycles. The molecule has 0 radical (unpaired) electrons. The van der Waals surface area contributed by atoms with Crippen molar-refractivity contribution < 1.29 is 9.18 Å². The lowest BCUT2D eigenvalue weighted by Crippen LogP contribution is -2.21. The number of nitrogens with one attached hydrogen (secondary N) is 1. The fraction of sp³-hybridized carbons (Fsp3) is 0.176. The number of rotatable bonds is 4. The molecule has 0 bridgehead atoms. The zero-order chi connectivity index (χ0) is 17.1. The molecule has 1 amide bonds. The summed E-state index contributed by atoms with van der Waals surface area (Å²) in [4.78, 5) is 13.2. The first-order valence-electron chi connectivity index (χ1n) is 7.43. The third kappa shape index (κ3) is 3.45. The lowest BCUT2D eigenvalue weighted by molar-refractivity contribution is -0.117. The summed E-state index contributed by atoms with van der Waals surface area (Å²) in [5.74, 6) is -0.454. The second-order valence-electron chi connectivity index (χ2n) is 5.49. The van der Waals surface area contributed by atoms with Crippen LogP contribution in [0.3, 0.4) is 0 Å². The van der Waals surface area contributed by atoms with Crippen LogP contribution in [0.25, 0.3) is 11.4 Å². The van der Waals surface area contributed by atoms with Gasteiger partial charge >= 0.3 is 0 Å². The number of nitrogens with zero attached hydrogens (tertiary/aromatic N) is 4. The van der Waals surface area contributed by atoms with Gasteiger partial charge in [-0.05, 0) is 42.3 Å². The van der Waals surface area contributed by atoms with Crippen molar-refractivity contribution in [2.24, 2.45) is 0 Å². The van der Waals surface area contributed by atoms with Gasteiger partial charge in [-0.1, -0.05) is 30.3 Å². The predicted octanol–water partition coefficient (Wildman–Crippen LogP) is 2.73. The zero-order valence-electron chi connectivity index (χ0n) is 13.3. The van der Waals surface area contributed by atoms with Crippen molar-refractivity contribution >= 4 is 11.6 Å². The number of hydrogen-bond donors (Lipinski definition) is 1. The lowest BCUT2D eigenvalue weighted by Gasteiger charge is -2.06. The van der Waals surface area contributed by atoms with Crippen molar-refractivity contribution in [3.8, 4) is 11.4 Å². The average Bonchev–Trinajstić information content (AvgIpc) is 2.99. The molecule has 0 saturated heterocycles. The maximum Gasteiger partial charge on any atom is 0.248 e. The van der Waals surface area contributed by atoms with Crippen LogP contribution in [0.5, 0.6) is 0 Å². The van der Waals surface area contributed by atoms with E-state index in [-0.39, 0.29) is 12.2 Å². The third-order valence-corrected chi connectivity index (χ3v) is 3.52. The minimum absolute atomic E-state index is 0.129. The minimum atomic E-state index is -0.476. The Morgan fingerprint density at radius 1 is 1.21 bits per heavy atom. The molecule has 24 heavy (non-hydrogen) atoms. The van der Waals surface area contributed by atoms with Gasteiger partial charge < -0.3 is 5.32 Å². The van der Waals surface area contributed by atoms with Crippen LogP contribution in [0.1, 0.15) is 11.1 Å². The first-order chi connectivity index (χ1) is 11.5. The van der Waals surface area contributed by atoms with Crippen molar-refractivity contribution in [1.82, 2.24) is 20.2 Å². The number of aromatic nitrogens is 4. The number of aryl methyl sites for hydroxylation is 2. The molecule has 0 unspecified atom stereocenters. The van der Waals surface area contributed by atoms with E-state index in [1.54, 1.807) is 13.0 Å². The molecule has 2 aromatic carbocycles. The smallest absolute Gasteiger partial charge is 0.248 e. The molecule has 0 aliphatic heterocycles. The van der Waals surface area contributed by atoms with Gasteiger partial charge in [0, 0.05) is 5.56 Å². The third-order valence-electron chi connectivity index (χ3n) is 3.52. The van der Waals surface area contributed by atoms with Crippen molar-refractivity contribution in [3.63, 3.8) is 0 Å². The number of benzene rings is 2. The lowest BCUT2D eigenvalue weighted by atomic mass is 10.1. The van der Waals surface area contributed by atoms with Crippen molar-refractivity contribution in [2.75, 3.05) is 5.32 Å². The van der Waals surface area contributed by atoms with Gasteiger partial charge in [0.2, 0.25) is 11.7 Å². The summed E-state index contributed by atoms with van der Waals surface area (Å²) in [6, 6.07) is 12.3. The molecule has 0 aliphatic carbocycles. The molecule has 0 spiro atoms. The van der Waals surface area contributed by atoms with Gasteiger partial charge in [0.05, 0.1) is 5.69 Å². The Morgan fingerprint density at radius 3 is 2.75 bits per heavy atom. The molecule has 6 nitrogen and oxygen atoms in total. The number of anilines is 1. The summed E-state index contributed by atoms with van der Waals surface area (Å²) in [5, 5.41) is 14.5. The number of tetrazole rings is 1. The van der Waals surface area contributed by atoms with Gasteiger partial charge in [0.25, 0.3) is 0 Å². The van der Waals surface area contributed by atoms with Crippen LogP contribution in [0.15, 0.2) is 42.5 Å². The minimum Gasteiger partial charge on any atom is -0.322 e. The van der Waals surface area contributed by atoms with Crippen molar-refractivity contribution in [2.45, 2.75) is 20.4 Å². The Morgan fingerprint density at radius 2 is 2.00 bits per heavy atom. The molecule has 0 aliphatic rings. The average molecular weight is 325 g/mol. The Hall–Kier alpha value is -3.09. The summed E-state index contributed by atoms with van der Waals surface area (Å²) in [7, 11) is 0. The van der Waals surface area contributed by atoms with E-state index in [2.05, 4.69) is 20.7 Å². The van der Waals surface area contributed by atoms with Crippen LogP contribution in [0, 0.1) is 19.7 Å². The predicted molar refractivity (Wildman–Crippen MR) is 87.8 cm³/mol. The molecule has 3 aromatic rings. The Labute approximate surface area is 138 Å². The van der Waals surface area contributed by atoms with Gasteiger partial charge in [-0.3, -0.25) is 4.79 Å². The number of halogens is 1. The maximum atomic E-state index is 13.8. The molecular weight excluding hydrogens is 309 g/mol. The second kappa shape index (κ2) is 6.57. The number of amides is 1. The highest BCUT2D eigenvalue weighted by molar-refractivity contribution is 5.90. The van der Waals surface area contributed by atoms with Gasteiger partial charge in [-0.2, -0.15) is 4.80 Å². The molecule has 7 heteroatoms. The molecule has 0 atom stereocenters. The van der Waals surface area contributed by atoms with Gasteiger partial charge in [0.1, 0.15) is 12.4 Å². The van der Waals surface area contributed by atoms with E-state index >= 15 is 0 Å². The number of carbonyl (C=O) groups excluding carboxylic acids is 1. The summed E-state index contributed by atoms with van der Waals surface area (Å²) in [6.45, 7) is 3.58. The standard InChI is InChI=1S/C17H16FN5O/c1-11-7-8-15(14(18)9-11)19-16(24)10-23-21-17(20-22-23)13-6-4-3-5-12(13)2/h3-9H,10H2,1-2H3,(H,19,24). The summed E-state index contributed by atoms with van der Waals surface area (Å²) in [5.41, 5.74) is 2.79. The quantitative estimate of drug-likeness (QED) is 0.800. The van der Waals surface area contributed by atoms with Crippen molar-refractivity contribution in [1.29, 1.82) is 0 Å². The normalized spacial score (nSPS) is 10.6. The van der Waals surface area contributed by atoms with E-state index in [0.717, 1.165) is 16.7 Å². The Bertz CT molecular complexity index is 890. The molecule has 1 N–H and O–H groups in total. The van der Waals surface area contributed by atoms with Gasteiger partial charge in [-0.15, -0.1) is 10.2 Å². The largest absolute Gasteiger partial charge is 0.322 e. The van der Waals surface area contributed by atoms with Crippen molar-refractivity contribution in [3.05, 3.63) is 59.4 Å². The molecule has 122 valence electrons.